The molecular weight excluding hydrogens is 675 g/mol. The van der Waals surface area contributed by atoms with Crippen molar-refractivity contribution in [3.8, 4) is 0 Å². The zero-order valence-electron chi connectivity index (χ0n) is 37.2. The Hall–Kier alpha value is -1.39. The third-order valence-electron chi connectivity index (χ3n) is 11.4. The largest absolute Gasteiger partial charge is 0.394 e. The van der Waals surface area contributed by atoms with Gasteiger partial charge in [-0.2, -0.15) is 0 Å². The maximum Gasteiger partial charge on any atom is 0.220 e. The highest BCUT2D eigenvalue weighted by atomic mass is 16.3. The standard InChI is InChI=1S/C51H97NO3/c1-3-5-7-9-11-13-15-17-19-21-22-23-24-25-26-27-28-29-31-32-34-36-38-40-42-44-46-50(54)49(48-53)52-51(55)47-45-43-41-39-37-35-33-30-20-18-16-14-12-10-8-6-4-2/h12,14,18,20,44,46,49-50,53-54H,3-11,13,15-17,19,21-43,45,47-48H2,1-2H3,(H,52,55)/b14-12-,20-18-,46-44+. The summed E-state index contributed by atoms with van der Waals surface area (Å²) in [5.74, 6) is -0.0703. The normalized spacial score (nSPS) is 13.2. The topological polar surface area (TPSA) is 69.6 Å². The van der Waals surface area contributed by atoms with Gasteiger partial charge < -0.3 is 15.5 Å². The van der Waals surface area contributed by atoms with Crippen LogP contribution in [0.4, 0.5) is 0 Å². The molecule has 0 aromatic rings. The van der Waals surface area contributed by atoms with Crippen LogP contribution in [0.2, 0.25) is 0 Å². The van der Waals surface area contributed by atoms with E-state index in [9.17, 15) is 15.0 Å². The molecule has 4 nitrogen and oxygen atoms in total. The van der Waals surface area contributed by atoms with Crippen molar-refractivity contribution in [2.24, 2.45) is 0 Å². The van der Waals surface area contributed by atoms with Crippen LogP contribution in [0.3, 0.4) is 0 Å². The molecule has 0 spiro atoms. The van der Waals surface area contributed by atoms with Crippen LogP contribution in [-0.2, 0) is 4.79 Å². The van der Waals surface area contributed by atoms with Gasteiger partial charge in [0.15, 0.2) is 0 Å². The molecule has 0 saturated carbocycles. The Morgan fingerprint density at radius 1 is 0.436 bits per heavy atom. The van der Waals surface area contributed by atoms with Crippen LogP contribution in [-0.4, -0.2) is 34.9 Å². The number of rotatable bonds is 45. The predicted octanol–water partition coefficient (Wildman–Crippen LogP) is 15.7. The van der Waals surface area contributed by atoms with Gasteiger partial charge in [0.05, 0.1) is 18.8 Å². The van der Waals surface area contributed by atoms with Gasteiger partial charge in [-0.15, -0.1) is 0 Å². The van der Waals surface area contributed by atoms with Gasteiger partial charge in [0.2, 0.25) is 5.91 Å². The SMILES string of the molecule is CCCCC/C=C\C/C=C\CCCCCCCCCC(=O)NC(CO)C(O)/C=C/CCCCCCCCCCCCCCCCCCCCCCCCCC. The molecule has 1 amide bonds. The number of hydrogen-bond donors (Lipinski definition) is 3. The molecule has 0 aromatic carbocycles. The fraction of sp³-hybridized carbons (Fsp3) is 0.863. The monoisotopic (exact) mass is 772 g/mol. The zero-order chi connectivity index (χ0) is 40.0. The van der Waals surface area contributed by atoms with Crippen LogP contribution in [0.1, 0.15) is 264 Å². The van der Waals surface area contributed by atoms with E-state index in [1.54, 1.807) is 6.08 Å². The van der Waals surface area contributed by atoms with Gasteiger partial charge in [-0.25, -0.2) is 0 Å². The van der Waals surface area contributed by atoms with E-state index in [2.05, 4.69) is 43.5 Å². The number of carbonyl (C=O) groups excluding carboxylic acids is 1. The molecule has 0 fully saturated rings. The molecule has 0 aliphatic rings. The Balaban J connectivity index is 3.51. The van der Waals surface area contributed by atoms with Gasteiger partial charge in [-0.3, -0.25) is 4.79 Å². The second-order valence-electron chi connectivity index (χ2n) is 16.9. The van der Waals surface area contributed by atoms with Gasteiger partial charge in [-0.05, 0) is 51.4 Å². The molecule has 0 rings (SSSR count). The average Bonchev–Trinajstić information content (AvgIpc) is 3.19. The smallest absolute Gasteiger partial charge is 0.220 e. The van der Waals surface area contributed by atoms with Gasteiger partial charge in [0, 0.05) is 6.42 Å². The minimum atomic E-state index is -0.842. The third kappa shape index (κ3) is 43.6. The van der Waals surface area contributed by atoms with Crippen molar-refractivity contribution in [3.05, 3.63) is 36.5 Å². The Labute approximate surface area is 344 Å². The molecule has 2 unspecified atom stereocenters. The van der Waals surface area contributed by atoms with Crippen LogP contribution in [0.5, 0.6) is 0 Å². The van der Waals surface area contributed by atoms with Crippen LogP contribution >= 0.6 is 0 Å². The molecule has 4 heteroatoms. The van der Waals surface area contributed by atoms with E-state index in [0.29, 0.717) is 6.42 Å². The van der Waals surface area contributed by atoms with Crippen LogP contribution < -0.4 is 5.32 Å². The number of unbranched alkanes of at least 4 members (excludes halogenated alkanes) is 34. The number of allylic oxidation sites excluding steroid dienone is 5. The number of aliphatic hydroxyl groups excluding tert-OH is 2. The zero-order valence-corrected chi connectivity index (χ0v) is 37.2. The molecular formula is C51H97NO3. The van der Waals surface area contributed by atoms with E-state index in [4.69, 9.17) is 0 Å². The molecule has 0 aromatic heterocycles. The first kappa shape index (κ1) is 53.6. The number of carbonyl (C=O) groups is 1. The summed E-state index contributed by atoms with van der Waals surface area (Å²) in [5.41, 5.74) is 0. The van der Waals surface area contributed by atoms with E-state index < -0.39 is 12.1 Å². The summed E-state index contributed by atoms with van der Waals surface area (Å²) in [5, 5.41) is 23.1. The molecule has 3 N–H and O–H groups in total. The van der Waals surface area contributed by atoms with Crippen molar-refractivity contribution in [1.29, 1.82) is 0 Å². The number of amides is 1. The molecule has 0 heterocycles. The summed E-state index contributed by atoms with van der Waals surface area (Å²) < 4.78 is 0. The maximum absolute atomic E-state index is 12.4. The molecule has 55 heavy (non-hydrogen) atoms. The fourth-order valence-corrected chi connectivity index (χ4v) is 7.56. The van der Waals surface area contributed by atoms with Crippen molar-refractivity contribution in [1.82, 2.24) is 5.32 Å². The van der Waals surface area contributed by atoms with E-state index >= 15 is 0 Å². The highest BCUT2D eigenvalue weighted by Gasteiger charge is 2.18. The lowest BCUT2D eigenvalue weighted by atomic mass is 10.0. The quantitative estimate of drug-likeness (QED) is 0.0426. The van der Waals surface area contributed by atoms with E-state index in [1.165, 1.54) is 212 Å². The molecule has 0 bridgehead atoms. The highest BCUT2D eigenvalue weighted by molar-refractivity contribution is 5.76. The first-order chi connectivity index (χ1) is 27.2. The minimum Gasteiger partial charge on any atom is -0.394 e. The number of aliphatic hydroxyl groups is 2. The molecule has 324 valence electrons. The second-order valence-corrected chi connectivity index (χ2v) is 16.9. The fourth-order valence-electron chi connectivity index (χ4n) is 7.56. The Morgan fingerprint density at radius 3 is 1.13 bits per heavy atom. The molecule has 0 saturated heterocycles. The van der Waals surface area contributed by atoms with Crippen molar-refractivity contribution >= 4 is 5.91 Å². The van der Waals surface area contributed by atoms with Crippen molar-refractivity contribution in [3.63, 3.8) is 0 Å². The third-order valence-corrected chi connectivity index (χ3v) is 11.4. The van der Waals surface area contributed by atoms with Crippen LogP contribution in [0, 0.1) is 0 Å². The van der Waals surface area contributed by atoms with Gasteiger partial charge in [0.1, 0.15) is 0 Å². The Bertz CT molecular complexity index is 836. The lowest BCUT2D eigenvalue weighted by molar-refractivity contribution is -0.123. The van der Waals surface area contributed by atoms with Gasteiger partial charge >= 0.3 is 0 Å². The van der Waals surface area contributed by atoms with Gasteiger partial charge in [-0.1, -0.05) is 243 Å². The average molecular weight is 772 g/mol. The van der Waals surface area contributed by atoms with E-state index in [1.807, 2.05) is 6.08 Å². The minimum absolute atomic E-state index is 0.0703. The number of hydrogen-bond acceptors (Lipinski definition) is 3. The van der Waals surface area contributed by atoms with E-state index in [0.717, 1.165) is 32.1 Å². The van der Waals surface area contributed by atoms with Crippen molar-refractivity contribution in [2.45, 2.75) is 276 Å². The molecule has 0 aliphatic heterocycles. The lowest BCUT2D eigenvalue weighted by Gasteiger charge is -2.20. The molecule has 0 radical (unpaired) electrons. The predicted molar refractivity (Wildman–Crippen MR) is 244 cm³/mol. The summed E-state index contributed by atoms with van der Waals surface area (Å²) in [7, 11) is 0. The molecule has 2 atom stereocenters. The maximum atomic E-state index is 12.4. The summed E-state index contributed by atoms with van der Waals surface area (Å²) in [6, 6.07) is -0.626. The van der Waals surface area contributed by atoms with E-state index in [-0.39, 0.29) is 12.5 Å². The summed E-state index contributed by atoms with van der Waals surface area (Å²) in [6.07, 6.45) is 62.7. The van der Waals surface area contributed by atoms with Crippen molar-refractivity contribution in [2.75, 3.05) is 6.61 Å². The first-order valence-corrected chi connectivity index (χ1v) is 24.7. The van der Waals surface area contributed by atoms with Gasteiger partial charge in [0.25, 0.3) is 0 Å². The lowest BCUT2D eigenvalue weighted by Crippen LogP contribution is -2.45. The second kappa shape index (κ2) is 47.0. The number of nitrogens with one attached hydrogen (secondary N) is 1. The first-order valence-electron chi connectivity index (χ1n) is 24.7. The van der Waals surface area contributed by atoms with Crippen LogP contribution in [0.25, 0.3) is 0 Å². The summed E-state index contributed by atoms with van der Waals surface area (Å²) in [4.78, 5) is 12.4. The van der Waals surface area contributed by atoms with Crippen LogP contribution in [0.15, 0.2) is 36.5 Å². The summed E-state index contributed by atoms with van der Waals surface area (Å²) in [6.45, 7) is 4.30. The highest BCUT2D eigenvalue weighted by Crippen LogP contribution is 2.16. The van der Waals surface area contributed by atoms with Crippen molar-refractivity contribution < 1.29 is 15.0 Å². The molecule has 0 aliphatic carbocycles. The summed E-state index contributed by atoms with van der Waals surface area (Å²) >= 11 is 0. The Morgan fingerprint density at radius 2 is 0.745 bits per heavy atom. The Kier molecular flexibility index (Phi) is 45.8.